The molecule has 0 spiro atoms. The fourth-order valence-corrected chi connectivity index (χ4v) is 4.88. The smallest absolute Gasteiger partial charge is 0.364 e. The second-order valence-corrected chi connectivity index (χ2v) is 9.09. The quantitative estimate of drug-likeness (QED) is 0.334. The highest BCUT2D eigenvalue weighted by Crippen LogP contribution is 2.61. The van der Waals surface area contributed by atoms with Gasteiger partial charge in [-0.2, -0.15) is 0 Å². The van der Waals surface area contributed by atoms with Crippen LogP contribution in [0.4, 0.5) is 0 Å². The average molecular weight is 418 g/mol. The summed E-state index contributed by atoms with van der Waals surface area (Å²) in [6, 6.07) is 32.1. The van der Waals surface area contributed by atoms with E-state index in [1.807, 2.05) is 97.1 Å². The Morgan fingerprint density at radius 3 is 1.77 bits per heavy atom. The van der Waals surface area contributed by atoms with Crippen molar-refractivity contribution in [1.29, 1.82) is 0 Å². The summed E-state index contributed by atoms with van der Waals surface area (Å²) < 4.78 is 25.4. The Kier molecular flexibility index (Phi) is 6.41. The number of rotatable bonds is 8. The SMILES string of the molecule is O=P(OCc1ccccc1)(OCc1ccccc1)[C@H](O)c1cccc2ccccc12. The van der Waals surface area contributed by atoms with Gasteiger partial charge in [-0.05, 0) is 21.9 Å². The monoisotopic (exact) mass is 418 g/mol. The molecule has 0 radical (unpaired) electrons. The lowest BCUT2D eigenvalue weighted by Gasteiger charge is -2.24. The molecule has 0 bridgehead atoms. The van der Waals surface area contributed by atoms with E-state index < -0.39 is 13.4 Å². The van der Waals surface area contributed by atoms with E-state index in [0.717, 1.165) is 21.9 Å². The molecule has 4 aromatic rings. The van der Waals surface area contributed by atoms with Gasteiger partial charge >= 0.3 is 7.60 Å². The lowest BCUT2D eigenvalue weighted by molar-refractivity contribution is 0.133. The molecule has 0 saturated heterocycles. The van der Waals surface area contributed by atoms with Crippen LogP contribution in [-0.4, -0.2) is 5.11 Å². The number of aliphatic hydroxyl groups is 1. The van der Waals surface area contributed by atoms with Gasteiger partial charge in [0.15, 0.2) is 5.85 Å². The molecule has 4 nitrogen and oxygen atoms in total. The summed E-state index contributed by atoms with van der Waals surface area (Å²) >= 11 is 0. The number of hydrogen-bond acceptors (Lipinski definition) is 4. The number of benzene rings is 4. The maximum Gasteiger partial charge on any atom is 0.364 e. The molecule has 0 amide bonds. The molecule has 5 heteroatoms. The fraction of sp³-hybridized carbons (Fsp3) is 0.120. The number of fused-ring (bicyclic) bond motifs is 1. The average Bonchev–Trinajstić information content (AvgIpc) is 2.82. The summed E-state index contributed by atoms with van der Waals surface area (Å²) in [5, 5.41) is 12.9. The maximum absolute atomic E-state index is 13.8. The normalized spacial score (nSPS) is 12.7. The molecule has 0 aromatic heterocycles. The molecule has 0 aliphatic heterocycles. The van der Waals surface area contributed by atoms with E-state index in [4.69, 9.17) is 9.05 Å². The van der Waals surface area contributed by atoms with Crippen LogP contribution < -0.4 is 0 Å². The van der Waals surface area contributed by atoms with Gasteiger partial charge in [0, 0.05) is 5.56 Å². The van der Waals surface area contributed by atoms with Gasteiger partial charge in [-0.15, -0.1) is 0 Å². The van der Waals surface area contributed by atoms with Crippen molar-refractivity contribution in [3.05, 3.63) is 120 Å². The summed E-state index contributed by atoms with van der Waals surface area (Å²) in [5.74, 6) is -1.41. The Morgan fingerprint density at radius 1 is 0.667 bits per heavy atom. The Labute approximate surface area is 176 Å². The van der Waals surface area contributed by atoms with Gasteiger partial charge in [-0.3, -0.25) is 4.57 Å². The van der Waals surface area contributed by atoms with Crippen LogP contribution in [0.1, 0.15) is 22.5 Å². The van der Waals surface area contributed by atoms with Crippen LogP contribution in [0.2, 0.25) is 0 Å². The second kappa shape index (κ2) is 9.38. The Hall–Kier alpha value is -2.75. The van der Waals surface area contributed by atoms with Crippen molar-refractivity contribution in [2.45, 2.75) is 19.1 Å². The topological polar surface area (TPSA) is 55.8 Å². The lowest BCUT2D eigenvalue weighted by atomic mass is 10.1. The van der Waals surface area contributed by atoms with Crippen LogP contribution in [0, 0.1) is 0 Å². The number of hydrogen-bond donors (Lipinski definition) is 1. The Morgan fingerprint density at radius 2 is 1.17 bits per heavy atom. The minimum Gasteiger partial charge on any atom is -0.376 e. The first-order valence-electron chi connectivity index (χ1n) is 9.78. The van der Waals surface area contributed by atoms with Crippen molar-refractivity contribution in [3.63, 3.8) is 0 Å². The molecule has 4 aromatic carbocycles. The standard InChI is InChI=1S/C25H23O4P/c26-25(24-17-9-15-22-14-7-8-16-23(22)24)30(27,28-18-20-10-3-1-4-11-20)29-19-21-12-5-2-6-13-21/h1-17,25-26H,18-19H2/t25-/m0/s1. The van der Waals surface area contributed by atoms with Crippen LogP contribution in [0.25, 0.3) is 10.8 Å². The molecule has 30 heavy (non-hydrogen) atoms. The molecule has 0 saturated carbocycles. The first-order chi connectivity index (χ1) is 14.7. The Bertz CT molecular complexity index is 1090. The molecule has 0 heterocycles. The minimum absolute atomic E-state index is 0.0781. The molecule has 0 aliphatic rings. The predicted octanol–water partition coefficient (Wildman–Crippen LogP) is 6.46. The summed E-state index contributed by atoms with van der Waals surface area (Å²) in [4.78, 5) is 0. The molecule has 4 rings (SSSR count). The zero-order valence-electron chi connectivity index (χ0n) is 16.4. The van der Waals surface area contributed by atoms with Crippen molar-refractivity contribution in [1.82, 2.24) is 0 Å². The van der Waals surface area contributed by atoms with Gasteiger partial charge < -0.3 is 14.2 Å². The van der Waals surface area contributed by atoms with Crippen molar-refractivity contribution in [3.8, 4) is 0 Å². The van der Waals surface area contributed by atoms with Crippen LogP contribution >= 0.6 is 7.60 Å². The third-order valence-electron chi connectivity index (χ3n) is 4.91. The zero-order chi connectivity index (χ0) is 20.8. The van der Waals surface area contributed by atoms with Gasteiger partial charge in [-0.1, -0.05) is 103 Å². The fourth-order valence-electron chi connectivity index (χ4n) is 3.30. The lowest BCUT2D eigenvalue weighted by Crippen LogP contribution is -2.07. The van der Waals surface area contributed by atoms with Gasteiger partial charge in [0.2, 0.25) is 0 Å². The van der Waals surface area contributed by atoms with Crippen LogP contribution in [-0.2, 0) is 26.8 Å². The van der Waals surface area contributed by atoms with E-state index in [1.54, 1.807) is 6.07 Å². The molecule has 1 N–H and O–H groups in total. The van der Waals surface area contributed by atoms with Crippen LogP contribution in [0.15, 0.2) is 103 Å². The van der Waals surface area contributed by atoms with E-state index in [0.29, 0.717) is 5.56 Å². The first kappa shape index (κ1) is 20.5. The third kappa shape index (κ3) is 4.69. The highest BCUT2D eigenvalue weighted by atomic mass is 31.2. The van der Waals surface area contributed by atoms with Crippen LogP contribution in [0.5, 0.6) is 0 Å². The van der Waals surface area contributed by atoms with E-state index in [2.05, 4.69) is 0 Å². The summed E-state index contributed by atoms with van der Waals surface area (Å²) in [6.07, 6.45) is 0. The van der Waals surface area contributed by atoms with E-state index in [1.165, 1.54) is 0 Å². The molecule has 1 atom stereocenters. The van der Waals surface area contributed by atoms with E-state index in [-0.39, 0.29) is 13.2 Å². The van der Waals surface area contributed by atoms with Gasteiger partial charge in [0.05, 0.1) is 13.2 Å². The highest BCUT2D eigenvalue weighted by molar-refractivity contribution is 7.54. The molecule has 0 unspecified atom stereocenters. The van der Waals surface area contributed by atoms with Gasteiger partial charge in [0.25, 0.3) is 0 Å². The molecule has 0 aliphatic carbocycles. The van der Waals surface area contributed by atoms with Crippen molar-refractivity contribution < 1.29 is 18.7 Å². The third-order valence-corrected chi connectivity index (χ3v) is 6.76. The molecular weight excluding hydrogens is 395 g/mol. The zero-order valence-corrected chi connectivity index (χ0v) is 17.3. The van der Waals surface area contributed by atoms with Gasteiger partial charge in [-0.25, -0.2) is 0 Å². The maximum atomic E-state index is 13.8. The van der Waals surface area contributed by atoms with E-state index >= 15 is 0 Å². The van der Waals surface area contributed by atoms with E-state index in [9.17, 15) is 9.67 Å². The van der Waals surface area contributed by atoms with Gasteiger partial charge in [0.1, 0.15) is 0 Å². The number of aliphatic hydroxyl groups excluding tert-OH is 1. The summed E-state index contributed by atoms with van der Waals surface area (Å²) in [6.45, 7) is 0.156. The van der Waals surface area contributed by atoms with Crippen LogP contribution in [0.3, 0.4) is 0 Å². The van der Waals surface area contributed by atoms with Crippen molar-refractivity contribution >= 4 is 18.4 Å². The highest BCUT2D eigenvalue weighted by Gasteiger charge is 2.37. The molecular formula is C25H23O4P. The largest absolute Gasteiger partial charge is 0.376 e. The van der Waals surface area contributed by atoms with Crippen molar-refractivity contribution in [2.75, 3.05) is 0 Å². The molecule has 0 fully saturated rings. The Balaban J connectivity index is 1.65. The second-order valence-electron chi connectivity index (χ2n) is 7.00. The summed E-state index contributed by atoms with van der Waals surface area (Å²) in [5.41, 5.74) is 2.23. The predicted molar refractivity (Wildman–Crippen MR) is 119 cm³/mol. The summed E-state index contributed by atoms with van der Waals surface area (Å²) in [7, 11) is -3.91. The minimum atomic E-state index is -3.91. The first-order valence-corrected chi connectivity index (χ1v) is 11.4. The van der Waals surface area contributed by atoms with Crippen molar-refractivity contribution in [2.24, 2.45) is 0 Å². The molecule has 152 valence electrons.